The number of nitrogens with zero attached hydrogens (tertiary/aromatic N) is 3. The minimum Gasteiger partial charge on any atom is -0.349 e. The molecule has 2 amide bonds. The van der Waals surface area contributed by atoms with Gasteiger partial charge in [0, 0.05) is 30.4 Å². The van der Waals surface area contributed by atoms with Crippen molar-refractivity contribution in [2.75, 3.05) is 0 Å². The van der Waals surface area contributed by atoms with E-state index in [2.05, 4.69) is 20.7 Å². The lowest BCUT2D eigenvalue weighted by Gasteiger charge is -2.33. The highest BCUT2D eigenvalue weighted by Crippen LogP contribution is 2.43. The second kappa shape index (κ2) is 12.1. The molecule has 2 fully saturated rings. The minimum atomic E-state index is -4.46. The number of hydrogen-bond acceptors (Lipinski definition) is 4. The predicted octanol–water partition coefficient (Wildman–Crippen LogP) is 6.87. The van der Waals surface area contributed by atoms with Gasteiger partial charge in [-0.2, -0.15) is 18.3 Å². The van der Waals surface area contributed by atoms with Crippen LogP contribution in [0.5, 0.6) is 0 Å². The molecular formula is C29H30F7N5O2. The molecule has 1 unspecified atom stereocenters. The van der Waals surface area contributed by atoms with E-state index in [9.17, 15) is 40.3 Å². The van der Waals surface area contributed by atoms with Gasteiger partial charge in [-0.3, -0.25) is 9.59 Å². The normalized spacial score (nSPS) is 18.9. The second-order valence-corrected chi connectivity index (χ2v) is 11.3. The molecule has 14 heteroatoms. The largest absolute Gasteiger partial charge is 0.389 e. The molecule has 0 radical (unpaired) electrons. The number of aromatic nitrogens is 3. The number of carbonyl (C=O) groups is 2. The van der Waals surface area contributed by atoms with Crippen LogP contribution >= 0.6 is 0 Å². The molecule has 0 spiro atoms. The summed E-state index contributed by atoms with van der Waals surface area (Å²) < 4.78 is 94.4. The molecule has 43 heavy (non-hydrogen) atoms. The first-order chi connectivity index (χ1) is 20.3. The van der Waals surface area contributed by atoms with Crippen molar-refractivity contribution in [1.29, 1.82) is 0 Å². The number of carbonyl (C=O) groups excluding carboxylic acids is 2. The average Bonchev–Trinajstić information content (AvgIpc) is 3.71. The van der Waals surface area contributed by atoms with E-state index < -0.39 is 79.6 Å². The monoisotopic (exact) mass is 613 g/mol. The third-order valence-corrected chi connectivity index (χ3v) is 8.04. The highest BCUT2D eigenvalue weighted by atomic mass is 19.4. The topological polar surface area (TPSA) is 88.4 Å². The molecule has 5 rings (SSSR count). The number of fused-ring (bicyclic) bond motifs is 1. The van der Waals surface area contributed by atoms with E-state index in [0.29, 0.717) is 16.9 Å². The summed E-state index contributed by atoms with van der Waals surface area (Å²) in [7, 11) is 0. The van der Waals surface area contributed by atoms with Gasteiger partial charge in [-0.15, -0.1) is 0 Å². The first-order valence-corrected chi connectivity index (χ1v) is 14.1. The van der Waals surface area contributed by atoms with Crippen molar-refractivity contribution in [2.24, 2.45) is 11.8 Å². The third kappa shape index (κ3) is 7.63. The van der Waals surface area contributed by atoms with E-state index in [-0.39, 0.29) is 24.3 Å². The lowest BCUT2D eigenvalue weighted by Crippen LogP contribution is -2.37. The number of halogens is 7. The van der Waals surface area contributed by atoms with Gasteiger partial charge in [-0.1, -0.05) is 18.2 Å². The molecular weight excluding hydrogens is 583 g/mol. The van der Waals surface area contributed by atoms with Crippen molar-refractivity contribution >= 4 is 17.5 Å². The Morgan fingerprint density at radius 3 is 2.33 bits per heavy atom. The molecule has 7 nitrogen and oxygen atoms in total. The quantitative estimate of drug-likeness (QED) is 0.244. The second-order valence-electron chi connectivity index (χ2n) is 11.3. The summed E-state index contributed by atoms with van der Waals surface area (Å²) in [5.74, 6) is -4.80. The van der Waals surface area contributed by atoms with Crippen LogP contribution in [-0.4, -0.2) is 38.5 Å². The zero-order chi connectivity index (χ0) is 30.9. The molecule has 2 saturated carbocycles. The Morgan fingerprint density at radius 2 is 1.67 bits per heavy atom. The summed E-state index contributed by atoms with van der Waals surface area (Å²) >= 11 is 0. The van der Waals surface area contributed by atoms with Gasteiger partial charge in [-0.25, -0.2) is 27.1 Å². The molecule has 0 aliphatic heterocycles. The summed E-state index contributed by atoms with van der Waals surface area (Å²) in [6.07, 6.45) is -5.43. The van der Waals surface area contributed by atoms with Crippen molar-refractivity contribution in [3.05, 3.63) is 65.1 Å². The summed E-state index contributed by atoms with van der Waals surface area (Å²) in [5, 5.41) is 9.77. The molecule has 232 valence electrons. The zero-order valence-corrected chi connectivity index (χ0v) is 22.9. The molecule has 3 aromatic rings. The molecule has 0 saturated heterocycles. The van der Waals surface area contributed by atoms with Crippen LogP contribution in [0.2, 0.25) is 0 Å². The van der Waals surface area contributed by atoms with Crippen molar-refractivity contribution in [1.82, 2.24) is 25.2 Å². The maximum Gasteiger partial charge on any atom is 0.389 e. The van der Waals surface area contributed by atoms with Crippen LogP contribution in [0.25, 0.3) is 5.65 Å². The SMILES string of the molecule is O=C(CCC(F)(F)F)NC(c1cnn2cc([C@@H](NC(=O)c3ccccc3C(F)F)C3CCC(F)(F)CC3)nc2c1)C1CC1. The first kappa shape index (κ1) is 30.7. The Hall–Kier alpha value is -3.71. The van der Waals surface area contributed by atoms with Crippen LogP contribution in [0, 0.1) is 11.8 Å². The fourth-order valence-corrected chi connectivity index (χ4v) is 5.58. The van der Waals surface area contributed by atoms with Gasteiger partial charge in [-0.05, 0) is 55.2 Å². The van der Waals surface area contributed by atoms with E-state index in [0.717, 1.165) is 18.9 Å². The van der Waals surface area contributed by atoms with Gasteiger partial charge >= 0.3 is 6.18 Å². The van der Waals surface area contributed by atoms with Gasteiger partial charge in [0.15, 0.2) is 5.65 Å². The number of hydrogen-bond donors (Lipinski definition) is 2. The molecule has 0 bridgehead atoms. The van der Waals surface area contributed by atoms with Crippen LogP contribution < -0.4 is 10.6 Å². The highest BCUT2D eigenvalue weighted by molar-refractivity contribution is 5.96. The van der Waals surface area contributed by atoms with Gasteiger partial charge in [0.25, 0.3) is 12.3 Å². The number of amides is 2. The lowest BCUT2D eigenvalue weighted by atomic mass is 9.81. The van der Waals surface area contributed by atoms with Crippen LogP contribution in [0.1, 0.15) is 97.1 Å². The Labute approximate surface area is 242 Å². The Morgan fingerprint density at radius 1 is 1.00 bits per heavy atom. The minimum absolute atomic E-state index is 0.0272. The van der Waals surface area contributed by atoms with Crippen molar-refractivity contribution in [3.63, 3.8) is 0 Å². The molecule has 2 aliphatic rings. The highest BCUT2D eigenvalue weighted by Gasteiger charge is 2.40. The number of alkyl halides is 7. The number of rotatable bonds is 10. The lowest BCUT2D eigenvalue weighted by molar-refractivity contribution is -0.144. The van der Waals surface area contributed by atoms with Crippen LogP contribution in [-0.2, 0) is 4.79 Å². The van der Waals surface area contributed by atoms with E-state index in [1.165, 1.54) is 35.1 Å². The maximum atomic E-state index is 14.0. The number of imidazole rings is 1. The number of nitrogens with one attached hydrogen (secondary N) is 2. The standard InChI is InChI=1S/C29H30F7N5O2/c30-26(31)19-3-1-2-4-20(19)27(43)40-25(17-7-10-28(32,33)11-8-17)21-15-41-22(38-21)13-18(14-37-41)24(16-5-6-16)39-23(42)9-12-29(34,35)36/h1-4,13-17,24-26H,5-12H2,(H,39,42)(H,40,43)/t24?,25-/m0/s1. The molecule has 2 N–H and O–H groups in total. The number of benzene rings is 1. The Bertz CT molecular complexity index is 1460. The molecule has 2 aliphatic carbocycles. The van der Waals surface area contributed by atoms with Crippen molar-refractivity contribution in [2.45, 2.75) is 82.0 Å². The predicted molar refractivity (Wildman–Crippen MR) is 140 cm³/mol. The summed E-state index contributed by atoms with van der Waals surface area (Å²) in [4.78, 5) is 30.1. The van der Waals surface area contributed by atoms with Gasteiger partial charge in [0.1, 0.15) is 0 Å². The van der Waals surface area contributed by atoms with E-state index in [1.807, 2.05) is 0 Å². The maximum absolute atomic E-state index is 14.0. The van der Waals surface area contributed by atoms with Crippen LogP contribution in [0.4, 0.5) is 30.7 Å². The molecule has 2 atom stereocenters. The fraction of sp³-hybridized carbons (Fsp3) is 0.517. The zero-order valence-electron chi connectivity index (χ0n) is 22.9. The van der Waals surface area contributed by atoms with Gasteiger partial charge in [0.2, 0.25) is 11.8 Å². The van der Waals surface area contributed by atoms with Crippen LogP contribution in [0.3, 0.4) is 0 Å². The average molecular weight is 614 g/mol. The summed E-state index contributed by atoms with van der Waals surface area (Å²) in [6.45, 7) is 0. The Kier molecular flexibility index (Phi) is 8.66. The molecule has 1 aromatic carbocycles. The fourth-order valence-electron chi connectivity index (χ4n) is 5.58. The smallest absolute Gasteiger partial charge is 0.349 e. The third-order valence-electron chi connectivity index (χ3n) is 8.04. The van der Waals surface area contributed by atoms with Crippen molar-refractivity contribution in [3.8, 4) is 0 Å². The van der Waals surface area contributed by atoms with Gasteiger partial charge in [0.05, 0.1) is 36.6 Å². The molecule has 2 heterocycles. The molecule has 2 aromatic heterocycles. The van der Waals surface area contributed by atoms with Crippen molar-refractivity contribution < 1.29 is 40.3 Å². The van der Waals surface area contributed by atoms with E-state index in [1.54, 1.807) is 6.07 Å². The van der Waals surface area contributed by atoms with E-state index in [4.69, 9.17) is 0 Å². The van der Waals surface area contributed by atoms with E-state index >= 15 is 0 Å². The summed E-state index contributed by atoms with van der Waals surface area (Å²) in [5.41, 5.74) is 0.437. The summed E-state index contributed by atoms with van der Waals surface area (Å²) in [6, 6.07) is 5.42. The van der Waals surface area contributed by atoms with Gasteiger partial charge < -0.3 is 10.6 Å². The Balaban J connectivity index is 1.42. The van der Waals surface area contributed by atoms with Crippen LogP contribution in [0.15, 0.2) is 42.7 Å². The first-order valence-electron chi connectivity index (χ1n) is 14.1.